The van der Waals surface area contributed by atoms with Crippen molar-refractivity contribution in [1.29, 1.82) is 0 Å². The lowest BCUT2D eigenvalue weighted by molar-refractivity contribution is -0.135. The number of carbonyl (C=O) groups is 2. The Balaban J connectivity index is 1.39. The molecule has 6 nitrogen and oxygen atoms in total. The molecule has 0 saturated heterocycles. The molecule has 1 aliphatic carbocycles. The van der Waals surface area contributed by atoms with Crippen LogP contribution >= 0.6 is 22.7 Å². The summed E-state index contributed by atoms with van der Waals surface area (Å²) in [6.07, 6.45) is 5.28. The fraction of sp³-hybridized carbons (Fsp3) is 0.269. The van der Waals surface area contributed by atoms with Crippen molar-refractivity contribution in [3.8, 4) is 5.75 Å². The van der Waals surface area contributed by atoms with Crippen LogP contribution in [-0.2, 0) is 9.59 Å². The highest BCUT2D eigenvalue weighted by molar-refractivity contribution is 7.11. The minimum atomic E-state index is -0.180. The van der Waals surface area contributed by atoms with Gasteiger partial charge >= 0.3 is 0 Å². The lowest BCUT2D eigenvalue weighted by atomic mass is 9.79. The zero-order chi connectivity index (χ0) is 23.5. The third-order valence-electron chi connectivity index (χ3n) is 5.97. The summed E-state index contributed by atoms with van der Waals surface area (Å²) in [6, 6.07) is 15.2. The second-order valence-corrected chi connectivity index (χ2v) is 10.3. The van der Waals surface area contributed by atoms with Crippen LogP contribution in [0.25, 0.3) is 6.08 Å². The van der Waals surface area contributed by atoms with Crippen LogP contribution in [0.3, 0.4) is 0 Å². The Hall–Kier alpha value is -3.23. The van der Waals surface area contributed by atoms with Gasteiger partial charge in [-0.1, -0.05) is 18.2 Å². The van der Waals surface area contributed by atoms with E-state index in [2.05, 4.69) is 35.0 Å². The van der Waals surface area contributed by atoms with E-state index in [-0.39, 0.29) is 30.4 Å². The van der Waals surface area contributed by atoms with Crippen LogP contribution in [0, 0.1) is 5.92 Å². The van der Waals surface area contributed by atoms with Crippen LogP contribution in [0.4, 0.5) is 5.69 Å². The largest absolute Gasteiger partial charge is 0.484 e. The molecule has 1 fully saturated rings. The van der Waals surface area contributed by atoms with Crippen LogP contribution in [0.1, 0.15) is 42.0 Å². The molecule has 1 N–H and O–H groups in total. The average molecular weight is 492 g/mol. The zero-order valence-electron chi connectivity index (χ0n) is 18.8. The molecule has 174 valence electrons. The molecule has 8 heteroatoms. The fourth-order valence-corrected chi connectivity index (χ4v) is 6.13. The van der Waals surface area contributed by atoms with Gasteiger partial charge in [-0.3, -0.25) is 9.59 Å². The maximum atomic E-state index is 13.4. The second-order valence-electron chi connectivity index (χ2n) is 8.37. The number of ether oxygens (including phenoxy) is 1. The van der Waals surface area contributed by atoms with Gasteiger partial charge in [-0.2, -0.15) is 5.10 Å². The third kappa shape index (κ3) is 4.83. The van der Waals surface area contributed by atoms with Crippen molar-refractivity contribution in [2.24, 2.45) is 11.0 Å². The minimum absolute atomic E-state index is 0.108. The van der Waals surface area contributed by atoms with E-state index in [9.17, 15) is 9.59 Å². The van der Waals surface area contributed by atoms with E-state index < -0.39 is 0 Å². The number of hydrazone groups is 1. The molecule has 2 aliphatic rings. The number of nitrogens with zero attached hydrogens (tertiary/aromatic N) is 2. The normalized spacial score (nSPS) is 20.7. The first kappa shape index (κ1) is 22.6. The number of fused-ring (bicyclic) bond motifs is 1. The predicted molar refractivity (Wildman–Crippen MR) is 137 cm³/mol. The van der Waals surface area contributed by atoms with Crippen molar-refractivity contribution in [2.45, 2.75) is 32.2 Å². The SMILES string of the molecule is CC(=O)Nc1cccc(OCC(=O)N2N=C3/C(=C\c4cccs4)CCCC3C2c2cccs2)c1. The molecule has 3 heterocycles. The Kier molecular flexibility index (Phi) is 6.60. The third-order valence-corrected chi connectivity index (χ3v) is 7.73. The minimum Gasteiger partial charge on any atom is -0.484 e. The van der Waals surface area contributed by atoms with Gasteiger partial charge in [-0.25, -0.2) is 5.01 Å². The number of anilines is 1. The number of rotatable bonds is 6. The second kappa shape index (κ2) is 9.95. The van der Waals surface area contributed by atoms with Gasteiger partial charge in [0.2, 0.25) is 5.91 Å². The highest BCUT2D eigenvalue weighted by Gasteiger charge is 2.44. The van der Waals surface area contributed by atoms with Gasteiger partial charge in [-0.05, 0) is 65.9 Å². The summed E-state index contributed by atoms with van der Waals surface area (Å²) in [5.41, 5.74) is 2.88. The van der Waals surface area contributed by atoms with Crippen LogP contribution in [0.2, 0.25) is 0 Å². The van der Waals surface area contributed by atoms with Crippen molar-refractivity contribution in [3.05, 3.63) is 74.6 Å². The first-order chi connectivity index (χ1) is 16.6. The topological polar surface area (TPSA) is 71.0 Å². The summed E-state index contributed by atoms with van der Waals surface area (Å²) in [4.78, 5) is 27.0. The summed E-state index contributed by atoms with van der Waals surface area (Å²) in [7, 11) is 0. The number of benzene rings is 1. The molecule has 2 aromatic heterocycles. The zero-order valence-corrected chi connectivity index (χ0v) is 20.4. The van der Waals surface area contributed by atoms with Gasteiger partial charge in [0.05, 0.1) is 11.8 Å². The molecule has 2 unspecified atom stereocenters. The summed E-state index contributed by atoms with van der Waals surface area (Å²) < 4.78 is 5.81. The molecule has 1 aliphatic heterocycles. The van der Waals surface area contributed by atoms with E-state index in [4.69, 9.17) is 9.84 Å². The van der Waals surface area contributed by atoms with Gasteiger partial charge in [0, 0.05) is 34.3 Å². The van der Waals surface area contributed by atoms with E-state index in [1.54, 1.807) is 51.9 Å². The van der Waals surface area contributed by atoms with Crippen molar-refractivity contribution in [2.75, 3.05) is 11.9 Å². The molecule has 0 bridgehead atoms. The number of amides is 2. The van der Waals surface area contributed by atoms with Crippen molar-refractivity contribution >= 4 is 52.0 Å². The molecule has 34 heavy (non-hydrogen) atoms. The summed E-state index contributed by atoms with van der Waals surface area (Å²) >= 11 is 3.37. The van der Waals surface area contributed by atoms with Gasteiger partial charge in [0.15, 0.2) is 6.61 Å². The Labute approximate surface area is 206 Å². The van der Waals surface area contributed by atoms with Crippen LogP contribution in [0.15, 0.2) is 70.0 Å². The molecule has 0 radical (unpaired) electrons. The van der Waals surface area contributed by atoms with Crippen LogP contribution in [-0.4, -0.2) is 29.1 Å². The van der Waals surface area contributed by atoms with E-state index in [0.717, 1.165) is 29.9 Å². The maximum Gasteiger partial charge on any atom is 0.281 e. The van der Waals surface area contributed by atoms with E-state index in [1.807, 2.05) is 11.4 Å². The van der Waals surface area contributed by atoms with Crippen molar-refractivity contribution in [1.82, 2.24) is 5.01 Å². The molecular weight excluding hydrogens is 466 g/mol. The number of carbonyl (C=O) groups excluding carboxylic acids is 2. The highest BCUT2D eigenvalue weighted by Crippen LogP contribution is 2.45. The molecule has 2 amide bonds. The quantitative estimate of drug-likeness (QED) is 0.462. The molecule has 5 rings (SSSR count). The van der Waals surface area contributed by atoms with Crippen LogP contribution in [0.5, 0.6) is 5.75 Å². The summed E-state index contributed by atoms with van der Waals surface area (Å²) in [5, 5.41) is 13.4. The Morgan fingerprint density at radius 3 is 2.79 bits per heavy atom. The number of hydrogen-bond acceptors (Lipinski definition) is 6. The lowest BCUT2D eigenvalue weighted by Crippen LogP contribution is -2.34. The summed E-state index contributed by atoms with van der Waals surface area (Å²) in [6.45, 7) is 1.33. The number of nitrogens with one attached hydrogen (secondary N) is 1. The van der Waals surface area contributed by atoms with Crippen LogP contribution < -0.4 is 10.1 Å². The number of thiophene rings is 2. The van der Waals surface area contributed by atoms with Crippen molar-refractivity contribution < 1.29 is 14.3 Å². The number of hydrogen-bond donors (Lipinski definition) is 1. The highest BCUT2D eigenvalue weighted by atomic mass is 32.1. The van der Waals surface area contributed by atoms with E-state index >= 15 is 0 Å². The first-order valence-electron chi connectivity index (χ1n) is 11.3. The first-order valence-corrected chi connectivity index (χ1v) is 13.0. The van der Waals surface area contributed by atoms with Gasteiger partial charge < -0.3 is 10.1 Å². The Morgan fingerprint density at radius 1 is 1.18 bits per heavy atom. The molecule has 2 atom stereocenters. The summed E-state index contributed by atoms with van der Waals surface area (Å²) in [5.74, 6) is 0.370. The van der Waals surface area contributed by atoms with Gasteiger partial charge in [0.25, 0.3) is 5.91 Å². The molecular formula is C26H25N3O3S2. The standard InChI is InChI=1S/C26H25N3O3S2/c1-17(30)27-19-7-3-8-20(15-19)32-16-24(31)29-26(23-11-5-13-34-23)22-10-2-6-18(25(22)28-29)14-21-9-4-12-33-21/h3-5,7-9,11-15,22,26H,2,6,10,16H2,1H3,(H,27,30)/b18-14-. The lowest BCUT2D eigenvalue weighted by Gasteiger charge is -2.28. The number of allylic oxidation sites excluding steroid dienone is 1. The van der Waals surface area contributed by atoms with E-state index in [0.29, 0.717) is 11.4 Å². The average Bonchev–Trinajstić information content (AvgIpc) is 3.58. The Morgan fingerprint density at radius 2 is 2.03 bits per heavy atom. The molecule has 1 aromatic carbocycles. The molecule has 1 saturated carbocycles. The van der Waals surface area contributed by atoms with Crippen molar-refractivity contribution in [3.63, 3.8) is 0 Å². The monoisotopic (exact) mass is 491 g/mol. The van der Waals surface area contributed by atoms with Gasteiger partial charge in [0.1, 0.15) is 5.75 Å². The van der Waals surface area contributed by atoms with Gasteiger partial charge in [-0.15, -0.1) is 22.7 Å². The smallest absolute Gasteiger partial charge is 0.281 e. The molecule has 3 aromatic rings. The maximum absolute atomic E-state index is 13.4. The predicted octanol–water partition coefficient (Wildman–Crippen LogP) is 5.97. The Bertz CT molecular complexity index is 1230. The van der Waals surface area contributed by atoms with E-state index in [1.165, 1.54) is 17.4 Å². The fourth-order valence-electron chi connectivity index (χ4n) is 4.57. The molecule has 0 spiro atoms.